The van der Waals surface area contributed by atoms with E-state index in [-0.39, 0.29) is 0 Å². The third kappa shape index (κ3) is 2.05. The molecule has 0 fully saturated rings. The number of hydrogen-bond acceptors (Lipinski definition) is 4. The fraction of sp³-hybridized carbons (Fsp3) is 0.0769. The van der Waals surface area contributed by atoms with E-state index < -0.39 is 6.10 Å². The largest absolute Gasteiger partial charge is 0.383 e. The van der Waals surface area contributed by atoms with Crippen molar-refractivity contribution in [2.45, 2.75) is 6.10 Å². The first-order chi connectivity index (χ1) is 8.75. The number of hydrogen-bond donors (Lipinski definition) is 1. The molecule has 3 nitrogen and oxygen atoms in total. The van der Waals surface area contributed by atoms with E-state index in [1.807, 2.05) is 29.6 Å². The summed E-state index contributed by atoms with van der Waals surface area (Å²) in [5, 5.41) is 12.3. The van der Waals surface area contributed by atoms with Gasteiger partial charge in [-0.05, 0) is 45.1 Å². The fourth-order valence-electron chi connectivity index (χ4n) is 1.80. The number of aliphatic hydroxyl groups excluding tert-OH is 1. The highest BCUT2D eigenvalue weighted by Gasteiger charge is 2.15. The van der Waals surface area contributed by atoms with Crippen LogP contribution in [0.2, 0.25) is 0 Å². The minimum atomic E-state index is -0.634. The first-order valence-corrected chi connectivity index (χ1v) is 7.04. The SMILES string of the molecule is OC(c1ccc2nccnc2c1)c1sccc1Br. The van der Waals surface area contributed by atoms with Crippen LogP contribution in [-0.2, 0) is 0 Å². The maximum absolute atomic E-state index is 10.4. The van der Waals surface area contributed by atoms with Crippen molar-refractivity contribution in [3.05, 3.63) is 57.0 Å². The van der Waals surface area contributed by atoms with Gasteiger partial charge in [0.15, 0.2) is 0 Å². The standard InChI is InChI=1S/C13H9BrN2OS/c14-9-3-6-18-13(9)12(17)8-1-2-10-11(7-8)16-5-4-15-10/h1-7,12,17H. The Morgan fingerprint density at radius 1 is 1.11 bits per heavy atom. The van der Waals surface area contributed by atoms with Crippen LogP contribution >= 0.6 is 27.3 Å². The number of rotatable bonds is 2. The molecule has 1 N–H and O–H groups in total. The fourth-order valence-corrected chi connectivity index (χ4v) is 3.40. The van der Waals surface area contributed by atoms with E-state index in [1.165, 1.54) is 11.3 Å². The zero-order chi connectivity index (χ0) is 12.5. The molecule has 1 atom stereocenters. The van der Waals surface area contributed by atoms with Crippen LogP contribution in [0.15, 0.2) is 46.5 Å². The Bertz CT molecular complexity index is 698. The molecule has 0 bridgehead atoms. The van der Waals surface area contributed by atoms with Crippen LogP contribution in [0.25, 0.3) is 11.0 Å². The van der Waals surface area contributed by atoms with E-state index in [9.17, 15) is 5.11 Å². The molecule has 0 spiro atoms. The van der Waals surface area contributed by atoms with Crippen LogP contribution in [0.5, 0.6) is 0 Å². The van der Waals surface area contributed by atoms with E-state index in [4.69, 9.17) is 0 Å². The molecular formula is C13H9BrN2OS. The number of thiophene rings is 1. The average Bonchev–Trinajstić information content (AvgIpc) is 2.83. The molecule has 2 aromatic heterocycles. The zero-order valence-electron chi connectivity index (χ0n) is 9.25. The average molecular weight is 321 g/mol. The summed E-state index contributed by atoms with van der Waals surface area (Å²) in [4.78, 5) is 9.36. The smallest absolute Gasteiger partial charge is 0.114 e. The Kier molecular flexibility index (Phi) is 3.11. The van der Waals surface area contributed by atoms with Gasteiger partial charge in [0, 0.05) is 16.9 Å². The Hall–Kier alpha value is -1.30. The van der Waals surface area contributed by atoms with E-state index >= 15 is 0 Å². The molecule has 5 heteroatoms. The molecule has 0 aliphatic carbocycles. The number of aromatic nitrogens is 2. The zero-order valence-corrected chi connectivity index (χ0v) is 11.6. The van der Waals surface area contributed by atoms with Crippen LogP contribution < -0.4 is 0 Å². The summed E-state index contributed by atoms with van der Waals surface area (Å²) in [5.41, 5.74) is 2.45. The summed E-state index contributed by atoms with van der Waals surface area (Å²) < 4.78 is 0.930. The lowest BCUT2D eigenvalue weighted by atomic mass is 10.1. The highest BCUT2D eigenvalue weighted by Crippen LogP contribution is 2.33. The van der Waals surface area contributed by atoms with Gasteiger partial charge in [-0.25, -0.2) is 0 Å². The lowest BCUT2D eigenvalue weighted by molar-refractivity contribution is 0.223. The molecule has 1 aromatic carbocycles. The molecule has 18 heavy (non-hydrogen) atoms. The summed E-state index contributed by atoms with van der Waals surface area (Å²) in [6.07, 6.45) is 2.68. The van der Waals surface area contributed by atoms with E-state index in [1.54, 1.807) is 12.4 Å². The van der Waals surface area contributed by atoms with Crippen molar-refractivity contribution in [3.63, 3.8) is 0 Å². The molecule has 0 aliphatic rings. The predicted octanol–water partition coefficient (Wildman–Crippen LogP) is 3.54. The van der Waals surface area contributed by atoms with Crippen molar-refractivity contribution < 1.29 is 5.11 Å². The van der Waals surface area contributed by atoms with Crippen LogP contribution in [0.4, 0.5) is 0 Å². The highest BCUT2D eigenvalue weighted by atomic mass is 79.9. The van der Waals surface area contributed by atoms with Crippen LogP contribution in [0.1, 0.15) is 16.5 Å². The summed E-state index contributed by atoms with van der Waals surface area (Å²) >= 11 is 4.96. The van der Waals surface area contributed by atoms with Crippen LogP contribution in [-0.4, -0.2) is 15.1 Å². The molecule has 0 saturated carbocycles. The third-order valence-corrected chi connectivity index (χ3v) is 4.63. The van der Waals surface area contributed by atoms with Gasteiger partial charge in [0.2, 0.25) is 0 Å². The van der Waals surface area contributed by atoms with Crippen molar-refractivity contribution in [1.29, 1.82) is 0 Å². The van der Waals surface area contributed by atoms with Gasteiger partial charge in [0.1, 0.15) is 6.10 Å². The second-order valence-electron chi connectivity index (χ2n) is 3.84. The minimum Gasteiger partial charge on any atom is -0.383 e. The Morgan fingerprint density at radius 2 is 1.89 bits per heavy atom. The number of fused-ring (bicyclic) bond motifs is 1. The normalized spacial score (nSPS) is 12.8. The molecule has 3 rings (SSSR count). The van der Waals surface area contributed by atoms with Crippen LogP contribution in [0, 0.1) is 0 Å². The van der Waals surface area contributed by atoms with Crippen molar-refractivity contribution >= 4 is 38.3 Å². The van der Waals surface area contributed by atoms with Crippen molar-refractivity contribution in [2.24, 2.45) is 0 Å². The second-order valence-corrected chi connectivity index (χ2v) is 5.64. The maximum atomic E-state index is 10.4. The van der Waals surface area contributed by atoms with Gasteiger partial charge in [0.05, 0.1) is 15.9 Å². The molecular weight excluding hydrogens is 312 g/mol. The summed E-state index contributed by atoms with van der Waals surface area (Å²) in [6.45, 7) is 0. The van der Waals surface area contributed by atoms with Gasteiger partial charge in [0.25, 0.3) is 0 Å². The Morgan fingerprint density at radius 3 is 2.61 bits per heavy atom. The van der Waals surface area contributed by atoms with Gasteiger partial charge in [-0.1, -0.05) is 6.07 Å². The summed E-state index contributed by atoms with van der Waals surface area (Å²) in [6, 6.07) is 7.57. The Balaban J connectivity index is 2.07. The molecule has 2 heterocycles. The number of aliphatic hydroxyl groups is 1. The van der Waals surface area contributed by atoms with E-state index in [2.05, 4.69) is 25.9 Å². The van der Waals surface area contributed by atoms with E-state index in [0.717, 1.165) is 25.9 Å². The van der Waals surface area contributed by atoms with Crippen molar-refractivity contribution in [2.75, 3.05) is 0 Å². The van der Waals surface area contributed by atoms with Crippen molar-refractivity contribution in [1.82, 2.24) is 9.97 Å². The minimum absolute atomic E-state index is 0.634. The van der Waals surface area contributed by atoms with Gasteiger partial charge in [-0.15, -0.1) is 11.3 Å². The summed E-state index contributed by atoms with van der Waals surface area (Å²) in [7, 11) is 0. The van der Waals surface area contributed by atoms with Crippen molar-refractivity contribution in [3.8, 4) is 0 Å². The highest BCUT2D eigenvalue weighted by molar-refractivity contribution is 9.10. The molecule has 0 aliphatic heterocycles. The molecule has 0 saturated heterocycles. The third-order valence-electron chi connectivity index (χ3n) is 2.70. The Labute approximate surface area is 116 Å². The molecule has 0 radical (unpaired) electrons. The summed E-state index contributed by atoms with van der Waals surface area (Å²) in [5.74, 6) is 0. The monoisotopic (exact) mass is 320 g/mol. The lowest BCUT2D eigenvalue weighted by Gasteiger charge is -2.10. The number of halogens is 1. The van der Waals surface area contributed by atoms with Gasteiger partial charge >= 0.3 is 0 Å². The van der Waals surface area contributed by atoms with Crippen LogP contribution in [0.3, 0.4) is 0 Å². The quantitative estimate of drug-likeness (QED) is 0.785. The van der Waals surface area contributed by atoms with Gasteiger partial charge in [-0.3, -0.25) is 9.97 Å². The van der Waals surface area contributed by atoms with E-state index in [0.29, 0.717) is 0 Å². The molecule has 90 valence electrons. The van der Waals surface area contributed by atoms with Gasteiger partial charge in [-0.2, -0.15) is 0 Å². The first kappa shape index (κ1) is 11.8. The molecule has 3 aromatic rings. The lowest BCUT2D eigenvalue weighted by Crippen LogP contribution is -1.98. The maximum Gasteiger partial charge on any atom is 0.114 e. The second kappa shape index (κ2) is 4.76. The number of nitrogens with zero attached hydrogens (tertiary/aromatic N) is 2. The molecule has 1 unspecified atom stereocenters. The predicted molar refractivity (Wildman–Crippen MR) is 75.6 cm³/mol. The molecule has 0 amide bonds. The van der Waals surface area contributed by atoms with Gasteiger partial charge < -0.3 is 5.11 Å². The topological polar surface area (TPSA) is 46.0 Å². The number of benzene rings is 1. The first-order valence-electron chi connectivity index (χ1n) is 5.37.